The third-order valence-electron chi connectivity index (χ3n) is 5.24. The Balaban J connectivity index is 1.62. The van der Waals surface area contributed by atoms with Crippen LogP contribution in [0.15, 0.2) is 24.3 Å². The number of hydrogen-bond acceptors (Lipinski definition) is 3. The van der Waals surface area contributed by atoms with Crippen molar-refractivity contribution >= 4 is 35.1 Å². The Kier molecular flexibility index (Phi) is 5.81. The lowest BCUT2D eigenvalue weighted by atomic mass is 9.92. The van der Waals surface area contributed by atoms with Crippen molar-refractivity contribution in [2.75, 3.05) is 24.5 Å². The molecule has 1 aromatic rings. The van der Waals surface area contributed by atoms with Gasteiger partial charge in [-0.25, -0.2) is 0 Å². The molecular weight excluding hydrogens is 356 g/mol. The molecular formula is C19H23ClN2O4. The summed E-state index contributed by atoms with van der Waals surface area (Å²) in [6.07, 6.45) is 3.01. The number of carbonyl (C=O) groups excluding carboxylic acids is 2. The van der Waals surface area contributed by atoms with Gasteiger partial charge in [-0.05, 0) is 55.9 Å². The molecule has 0 aromatic heterocycles. The molecule has 3 rings (SSSR count). The molecule has 2 amide bonds. The van der Waals surface area contributed by atoms with E-state index in [0.29, 0.717) is 37.5 Å². The number of hydrogen-bond donors (Lipinski definition) is 1. The topological polar surface area (TPSA) is 77.9 Å². The second-order valence-corrected chi connectivity index (χ2v) is 7.47. The molecule has 140 valence electrons. The van der Waals surface area contributed by atoms with Crippen molar-refractivity contribution in [2.24, 2.45) is 11.8 Å². The fourth-order valence-electron chi connectivity index (χ4n) is 3.84. The van der Waals surface area contributed by atoms with Crippen LogP contribution < -0.4 is 4.90 Å². The highest BCUT2D eigenvalue weighted by molar-refractivity contribution is 6.30. The smallest absolute Gasteiger partial charge is 0.303 e. The number of rotatable bonds is 5. The van der Waals surface area contributed by atoms with Crippen molar-refractivity contribution in [3.63, 3.8) is 0 Å². The van der Waals surface area contributed by atoms with Crippen LogP contribution >= 0.6 is 11.6 Å². The Bertz CT molecular complexity index is 691. The van der Waals surface area contributed by atoms with Crippen LogP contribution in [0.25, 0.3) is 0 Å². The molecule has 1 N–H and O–H groups in total. The average Bonchev–Trinajstić information content (AvgIpc) is 3.02. The number of piperidine rings is 1. The van der Waals surface area contributed by atoms with Crippen LogP contribution in [0, 0.1) is 11.8 Å². The quantitative estimate of drug-likeness (QED) is 0.799. The van der Waals surface area contributed by atoms with Gasteiger partial charge >= 0.3 is 5.97 Å². The molecule has 26 heavy (non-hydrogen) atoms. The number of benzene rings is 1. The SMILES string of the molecule is O=C(O)CCC1CCCN(C(=O)C2CCN(c3ccc(Cl)cc3)C2=O)C1. The highest BCUT2D eigenvalue weighted by Gasteiger charge is 2.40. The molecule has 2 saturated heterocycles. The van der Waals surface area contributed by atoms with E-state index in [0.717, 1.165) is 18.5 Å². The minimum absolute atomic E-state index is 0.119. The summed E-state index contributed by atoms with van der Waals surface area (Å²) in [6.45, 7) is 1.72. The van der Waals surface area contributed by atoms with Gasteiger partial charge in [0.05, 0.1) is 0 Å². The van der Waals surface area contributed by atoms with E-state index < -0.39 is 11.9 Å². The van der Waals surface area contributed by atoms with E-state index in [4.69, 9.17) is 16.7 Å². The summed E-state index contributed by atoms with van der Waals surface area (Å²) in [5.74, 6) is -1.52. The van der Waals surface area contributed by atoms with Gasteiger partial charge in [0.25, 0.3) is 0 Å². The number of amides is 2. The summed E-state index contributed by atoms with van der Waals surface area (Å²) in [7, 11) is 0. The number of halogens is 1. The monoisotopic (exact) mass is 378 g/mol. The number of anilines is 1. The zero-order valence-corrected chi connectivity index (χ0v) is 15.3. The predicted molar refractivity (Wildman–Crippen MR) is 98.1 cm³/mol. The fourth-order valence-corrected chi connectivity index (χ4v) is 3.96. The molecule has 0 radical (unpaired) electrons. The molecule has 7 heteroatoms. The molecule has 2 heterocycles. The summed E-state index contributed by atoms with van der Waals surface area (Å²) in [4.78, 5) is 39.8. The van der Waals surface area contributed by atoms with Crippen molar-refractivity contribution in [1.82, 2.24) is 4.90 Å². The largest absolute Gasteiger partial charge is 0.481 e. The Morgan fingerprint density at radius 3 is 2.58 bits per heavy atom. The van der Waals surface area contributed by atoms with Gasteiger partial charge in [-0.15, -0.1) is 0 Å². The molecule has 2 atom stereocenters. The highest BCUT2D eigenvalue weighted by atomic mass is 35.5. The highest BCUT2D eigenvalue weighted by Crippen LogP contribution is 2.29. The van der Waals surface area contributed by atoms with E-state index in [9.17, 15) is 14.4 Å². The minimum atomic E-state index is -0.807. The Labute approximate surface area is 157 Å². The maximum absolute atomic E-state index is 12.9. The van der Waals surface area contributed by atoms with Crippen LogP contribution in [0.1, 0.15) is 32.1 Å². The number of carbonyl (C=O) groups is 3. The molecule has 2 unspecified atom stereocenters. The molecule has 2 fully saturated rings. The Hall–Kier alpha value is -2.08. The van der Waals surface area contributed by atoms with E-state index in [-0.39, 0.29) is 24.2 Å². The lowest BCUT2D eigenvalue weighted by Gasteiger charge is -2.34. The van der Waals surface area contributed by atoms with Gasteiger partial charge in [0.15, 0.2) is 0 Å². The normalized spacial score (nSPS) is 23.3. The first-order chi connectivity index (χ1) is 12.5. The first-order valence-electron chi connectivity index (χ1n) is 9.03. The van der Waals surface area contributed by atoms with Gasteiger partial charge in [0.2, 0.25) is 11.8 Å². The third kappa shape index (κ3) is 4.18. The van der Waals surface area contributed by atoms with E-state index in [2.05, 4.69) is 0 Å². The number of aliphatic carboxylic acids is 1. The number of carboxylic acids is 1. The van der Waals surface area contributed by atoms with Crippen LogP contribution in [0.2, 0.25) is 5.02 Å². The standard InChI is InChI=1S/C19H23ClN2O4/c20-14-4-6-15(7-5-14)22-11-9-16(19(22)26)18(25)21-10-1-2-13(12-21)3-8-17(23)24/h4-7,13,16H,1-3,8-12H2,(H,23,24). The van der Waals surface area contributed by atoms with Crippen LogP contribution in [0.4, 0.5) is 5.69 Å². The zero-order valence-electron chi connectivity index (χ0n) is 14.6. The van der Waals surface area contributed by atoms with Gasteiger partial charge in [0, 0.05) is 36.8 Å². The van der Waals surface area contributed by atoms with Gasteiger partial charge in [-0.2, -0.15) is 0 Å². The lowest BCUT2D eigenvalue weighted by Crippen LogP contribution is -2.45. The van der Waals surface area contributed by atoms with Crippen molar-refractivity contribution in [1.29, 1.82) is 0 Å². The number of nitrogens with zero attached hydrogens (tertiary/aromatic N) is 2. The maximum Gasteiger partial charge on any atom is 0.303 e. The van der Waals surface area contributed by atoms with Gasteiger partial charge in [-0.1, -0.05) is 11.6 Å². The van der Waals surface area contributed by atoms with Crippen molar-refractivity contribution in [3.8, 4) is 0 Å². The molecule has 2 aliphatic heterocycles. The molecule has 0 bridgehead atoms. The molecule has 0 saturated carbocycles. The molecule has 6 nitrogen and oxygen atoms in total. The lowest BCUT2D eigenvalue weighted by molar-refractivity contribution is -0.141. The van der Waals surface area contributed by atoms with Crippen molar-refractivity contribution < 1.29 is 19.5 Å². The Morgan fingerprint density at radius 2 is 1.88 bits per heavy atom. The minimum Gasteiger partial charge on any atom is -0.481 e. The van der Waals surface area contributed by atoms with Crippen molar-refractivity contribution in [3.05, 3.63) is 29.3 Å². The van der Waals surface area contributed by atoms with E-state index in [1.54, 1.807) is 34.1 Å². The summed E-state index contributed by atoms with van der Waals surface area (Å²) < 4.78 is 0. The van der Waals surface area contributed by atoms with E-state index in [1.165, 1.54) is 0 Å². The Morgan fingerprint density at radius 1 is 1.15 bits per heavy atom. The van der Waals surface area contributed by atoms with Crippen LogP contribution in [-0.4, -0.2) is 47.4 Å². The van der Waals surface area contributed by atoms with E-state index >= 15 is 0 Å². The van der Waals surface area contributed by atoms with Gasteiger partial charge in [-0.3, -0.25) is 14.4 Å². The van der Waals surface area contributed by atoms with Gasteiger partial charge in [0.1, 0.15) is 5.92 Å². The predicted octanol–water partition coefficient (Wildman–Crippen LogP) is 2.80. The summed E-state index contributed by atoms with van der Waals surface area (Å²) in [6, 6.07) is 7.04. The summed E-state index contributed by atoms with van der Waals surface area (Å²) >= 11 is 5.89. The number of carboxylic acid groups (broad SMARTS) is 1. The van der Waals surface area contributed by atoms with E-state index in [1.807, 2.05) is 0 Å². The third-order valence-corrected chi connectivity index (χ3v) is 5.49. The van der Waals surface area contributed by atoms with Crippen LogP contribution in [-0.2, 0) is 14.4 Å². The molecule has 0 spiro atoms. The first-order valence-corrected chi connectivity index (χ1v) is 9.41. The maximum atomic E-state index is 12.9. The summed E-state index contributed by atoms with van der Waals surface area (Å²) in [5, 5.41) is 9.45. The summed E-state index contributed by atoms with van der Waals surface area (Å²) in [5.41, 5.74) is 0.757. The average molecular weight is 379 g/mol. The fraction of sp³-hybridized carbons (Fsp3) is 0.526. The zero-order chi connectivity index (χ0) is 18.7. The van der Waals surface area contributed by atoms with Crippen LogP contribution in [0.3, 0.4) is 0 Å². The second kappa shape index (κ2) is 8.08. The van der Waals surface area contributed by atoms with Gasteiger partial charge < -0.3 is 14.9 Å². The second-order valence-electron chi connectivity index (χ2n) is 7.03. The molecule has 0 aliphatic carbocycles. The molecule has 2 aliphatic rings. The first kappa shape index (κ1) is 18.7. The number of likely N-dealkylation sites (tertiary alicyclic amines) is 1. The molecule has 1 aromatic carbocycles. The van der Waals surface area contributed by atoms with Crippen molar-refractivity contribution in [2.45, 2.75) is 32.1 Å². The van der Waals surface area contributed by atoms with Crippen LogP contribution in [0.5, 0.6) is 0 Å².